The molecule has 0 radical (unpaired) electrons. The minimum absolute atomic E-state index is 0.0780. The lowest BCUT2D eigenvalue weighted by Gasteiger charge is -2.29. The summed E-state index contributed by atoms with van der Waals surface area (Å²) in [6.45, 7) is 1.77. The molecule has 3 heteroatoms. The summed E-state index contributed by atoms with van der Waals surface area (Å²) in [6, 6.07) is 23.2. The second-order valence-electron chi connectivity index (χ2n) is 8.30. The molecule has 4 rings (SSSR count). The number of aliphatic hydroxyl groups excluding tert-OH is 1. The van der Waals surface area contributed by atoms with E-state index in [0.29, 0.717) is 12.0 Å². The van der Waals surface area contributed by atoms with Gasteiger partial charge in [-0.05, 0) is 78.6 Å². The van der Waals surface area contributed by atoms with Gasteiger partial charge in [0.1, 0.15) is 5.75 Å². The van der Waals surface area contributed by atoms with Gasteiger partial charge in [-0.1, -0.05) is 48.5 Å². The van der Waals surface area contributed by atoms with Crippen molar-refractivity contribution in [3.8, 4) is 5.75 Å². The van der Waals surface area contributed by atoms with E-state index < -0.39 is 5.54 Å². The molecule has 0 unspecified atom stereocenters. The van der Waals surface area contributed by atoms with Gasteiger partial charge in [-0.3, -0.25) is 0 Å². The number of nitrogens with two attached hydrogens (primary N) is 1. The zero-order valence-electron chi connectivity index (χ0n) is 16.5. The lowest BCUT2D eigenvalue weighted by molar-refractivity contribution is 0.146. The quantitative estimate of drug-likeness (QED) is 0.651. The summed E-state index contributed by atoms with van der Waals surface area (Å²) < 4.78 is 6.30. The Kier molecular flexibility index (Phi) is 5.38. The first-order valence-corrected chi connectivity index (χ1v) is 10.2. The van der Waals surface area contributed by atoms with E-state index in [4.69, 9.17) is 10.5 Å². The predicted molar refractivity (Wildman–Crippen MR) is 115 cm³/mol. The highest BCUT2D eigenvalue weighted by atomic mass is 16.5. The van der Waals surface area contributed by atoms with Crippen LogP contribution < -0.4 is 10.5 Å². The number of ether oxygens (including phenoxy) is 1. The molecule has 1 aliphatic carbocycles. The van der Waals surface area contributed by atoms with Crippen LogP contribution in [0.25, 0.3) is 10.8 Å². The van der Waals surface area contributed by atoms with Crippen molar-refractivity contribution >= 4 is 10.8 Å². The molecular formula is C25H29NO2. The average Bonchev–Trinajstić information content (AvgIpc) is 2.74. The Morgan fingerprint density at radius 3 is 2.32 bits per heavy atom. The third-order valence-electron chi connectivity index (χ3n) is 6.05. The van der Waals surface area contributed by atoms with Crippen molar-refractivity contribution in [3.63, 3.8) is 0 Å². The molecule has 1 atom stereocenters. The molecule has 1 fully saturated rings. The van der Waals surface area contributed by atoms with Gasteiger partial charge in [0.15, 0.2) is 0 Å². The minimum Gasteiger partial charge on any atom is -0.490 e. The largest absolute Gasteiger partial charge is 0.490 e. The number of hydrogen-bond donors (Lipinski definition) is 2. The van der Waals surface area contributed by atoms with Crippen molar-refractivity contribution in [1.29, 1.82) is 0 Å². The van der Waals surface area contributed by atoms with Crippen LogP contribution in [0.2, 0.25) is 0 Å². The van der Waals surface area contributed by atoms with Crippen LogP contribution in [0.3, 0.4) is 0 Å². The van der Waals surface area contributed by atoms with E-state index >= 15 is 0 Å². The predicted octanol–water partition coefficient (Wildman–Crippen LogP) is 5.11. The first-order chi connectivity index (χ1) is 13.5. The van der Waals surface area contributed by atoms with Crippen LogP contribution >= 0.6 is 0 Å². The van der Waals surface area contributed by atoms with E-state index in [1.165, 1.54) is 18.4 Å². The Labute approximate surface area is 167 Å². The standard InChI is InChI=1S/C25H29NO2/c1-25(26,17-27)22-11-7-21-16-24(14-10-20(21)15-22)28-23-12-8-19(9-13-23)18-5-3-2-4-6-18/h2-7,10-11,14-16,19,23,27H,8-9,12-13,17,26H2,1H3/t19-,23+,25-/m0/s1. The maximum atomic E-state index is 9.49. The van der Waals surface area contributed by atoms with E-state index in [0.717, 1.165) is 34.9 Å². The monoisotopic (exact) mass is 375 g/mol. The van der Waals surface area contributed by atoms with Crippen LogP contribution in [0.1, 0.15) is 49.7 Å². The number of hydrogen-bond acceptors (Lipinski definition) is 3. The Balaban J connectivity index is 1.42. The summed E-state index contributed by atoms with van der Waals surface area (Å²) in [4.78, 5) is 0. The molecule has 1 aliphatic rings. The van der Waals surface area contributed by atoms with Crippen molar-refractivity contribution in [2.45, 2.75) is 50.2 Å². The Morgan fingerprint density at radius 2 is 1.61 bits per heavy atom. The third kappa shape index (κ3) is 4.06. The molecule has 0 saturated heterocycles. The van der Waals surface area contributed by atoms with Gasteiger partial charge in [-0.2, -0.15) is 0 Å². The van der Waals surface area contributed by atoms with Crippen molar-refractivity contribution in [3.05, 3.63) is 77.9 Å². The summed E-state index contributed by atoms with van der Waals surface area (Å²) in [7, 11) is 0. The first-order valence-electron chi connectivity index (χ1n) is 10.2. The van der Waals surface area contributed by atoms with Crippen molar-refractivity contribution in [2.75, 3.05) is 6.61 Å². The number of rotatable bonds is 5. The summed E-state index contributed by atoms with van der Waals surface area (Å²) >= 11 is 0. The van der Waals surface area contributed by atoms with E-state index in [-0.39, 0.29) is 6.61 Å². The molecule has 1 saturated carbocycles. The molecular weight excluding hydrogens is 346 g/mol. The molecule has 0 spiro atoms. The van der Waals surface area contributed by atoms with Crippen molar-refractivity contribution < 1.29 is 9.84 Å². The highest BCUT2D eigenvalue weighted by Gasteiger charge is 2.24. The van der Waals surface area contributed by atoms with Gasteiger partial charge in [0.2, 0.25) is 0 Å². The zero-order chi connectivity index (χ0) is 19.6. The third-order valence-corrected chi connectivity index (χ3v) is 6.05. The van der Waals surface area contributed by atoms with Gasteiger partial charge < -0.3 is 15.6 Å². The van der Waals surface area contributed by atoms with Gasteiger partial charge >= 0.3 is 0 Å². The smallest absolute Gasteiger partial charge is 0.120 e. The van der Waals surface area contributed by atoms with Crippen LogP contribution in [0.4, 0.5) is 0 Å². The van der Waals surface area contributed by atoms with E-state index in [1.54, 1.807) is 0 Å². The van der Waals surface area contributed by atoms with E-state index in [2.05, 4.69) is 54.6 Å². The fourth-order valence-electron chi connectivity index (χ4n) is 4.18. The molecule has 0 aromatic heterocycles. The van der Waals surface area contributed by atoms with Crippen LogP contribution in [-0.4, -0.2) is 17.8 Å². The normalized spacial score (nSPS) is 22.0. The highest BCUT2D eigenvalue weighted by molar-refractivity contribution is 5.84. The fourth-order valence-corrected chi connectivity index (χ4v) is 4.18. The second-order valence-corrected chi connectivity index (χ2v) is 8.30. The fraction of sp³-hybridized carbons (Fsp3) is 0.360. The van der Waals surface area contributed by atoms with Crippen LogP contribution in [0.15, 0.2) is 66.7 Å². The summed E-state index contributed by atoms with van der Waals surface area (Å²) in [5, 5.41) is 11.7. The van der Waals surface area contributed by atoms with Gasteiger partial charge in [0.05, 0.1) is 18.2 Å². The highest BCUT2D eigenvalue weighted by Crippen LogP contribution is 2.35. The minimum atomic E-state index is -0.721. The van der Waals surface area contributed by atoms with Crippen LogP contribution in [0.5, 0.6) is 5.75 Å². The van der Waals surface area contributed by atoms with Crippen LogP contribution in [-0.2, 0) is 5.54 Å². The van der Waals surface area contributed by atoms with E-state index in [1.807, 2.05) is 19.1 Å². The summed E-state index contributed by atoms with van der Waals surface area (Å²) in [5.41, 5.74) is 7.83. The van der Waals surface area contributed by atoms with Gasteiger partial charge in [-0.25, -0.2) is 0 Å². The summed E-state index contributed by atoms with van der Waals surface area (Å²) in [5.74, 6) is 1.59. The molecule has 28 heavy (non-hydrogen) atoms. The molecule has 3 nitrogen and oxygen atoms in total. The number of aliphatic hydroxyl groups is 1. The molecule has 0 amide bonds. The van der Waals surface area contributed by atoms with Crippen molar-refractivity contribution in [1.82, 2.24) is 0 Å². The molecule has 3 aromatic rings. The SMILES string of the molecule is C[C@](N)(CO)c1ccc2cc(O[C@H]3CC[C@@H](c4ccccc4)CC3)ccc2c1. The Hall–Kier alpha value is -2.36. The molecule has 0 heterocycles. The Morgan fingerprint density at radius 1 is 0.929 bits per heavy atom. The average molecular weight is 376 g/mol. The first kappa shape index (κ1) is 19.0. The molecule has 3 N–H and O–H groups in total. The Bertz CT molecular complexity index is 928. The molecule has 3 aromatic carbocycles. The molecule has 0 bridgehead atoms. The lowest BCUT2D eigenvalue weighted by Crippen LogP contribution is -2.36. The topological polar surface area (TPSA) is 55.5 Å². The molecule has 0 aliphatic heterocycles. The van der Waals surface area contributed by atoms with Gasteiger partial charge in [0, 0.05) is 0 Å². The van der Waals surface area contributed by atoms with Crippen LogP contribution in [0, 0.1) is 0 Å². The maximum Gasteiger partial charge on any atom is 0.120 e. The molecule has 146 valence electrons. The van der Waals surface area contributed by atoms with Gasteiger partial charge in [0.25, 0.3) is 0 Å². The summed E-state index contributed by atoms with van der Waals surface area (Å²) in [6.07, 6.45) is 4.85. The van der Waals surface area contributed by atoms with Gasteiger partial charge in [-0.15, -0.1) is 0 Å². The van der Waals surface area contributed by atoms with E-state index in [9.17, 15) is 5.11 Å². The lowest BCUT2D eigenvalue weighted by atomic mass is 9.83. The van der Waals surface area contributed by atoms with Crippen molar-refractivity contribution in [2.24, 2.45) is 5.73 Å². The maximum absolute atomic E-state index is 9.49. The number of fused-ring (bicyclic) bond motifs is 1. The second kappa shape index (κ2) is 7.94. The zero-order valence-corrected chi connectivity index (χ0v) is 16.5. The number of benzene rings is 3.